The fourth-order valence-corrected chi connectivity index (χ4v) is 11.0. The van der Waals surface area contributed by atoms with Gasteiger partial charge in [0.1, 0.15) is 19.3 Å². The van der Waals surface area contributed by atoms with Gasteiger partial charge in [-0.1, -0.05) is 268 Å². The van der Waals surface area contributed by atoms with Crippen LogP contribution in [0.5, 0.6) is 0 Å². The Hall–Kier alpha value is -5.58. The van der Waals surface area contributed by atoms with E-state index in [1.54, 1.807) is 12.2 Å². The number of esters is 4. The summed E-state index contributed by atoms with van der Waals surface area (Å²) in [7, 11) is -10.0. The summed E-state index contributed by atoms with van der Waals surface area (Å²) in [4.78, 5) is 72.8. The molecular weight excluding hydrogens is 1330 g/mol. The molecule has 0 aliphatic carbocycles. The molecule has 0 rings (SSSR count). The van der Waals surface area contributed by atoms with Crippen LogP contribution in [0, 0.1) is 0 Å². The molecule has 5 unspecified atom stereocenters. The van der Waals surface area contributed by atoms with E-state index >= 15 is 0 Å². The minimum atomic E-state index is -5.02. The number of carbonyl (C=O) groups is 4. The number of aliphatic hydroxyl groups excluding tert-OH is 1. The highest BCUT2D eigenvalue weighted by Crippen LogP contribution is 2.45. The van der Waals surface area contributed by atoms with Crippen molar-refractivity contribution >= 4 is 39.5 Å². The number of carbonyl (C=O) groups excluding carboxylic acids is 4. The van der Waals surface area contributed by atoms with Crippen LogP contribution in [0.3, 0.4) is 0 Å². The zero-order valence-corrected chi connectivity index (χ0v) is 64.8. The predicted molar refractivity (Wildman–Crippen MR) is 417 cm³/mol. The third-order valence-electron chi connectivity index (χ3n) is 15.2. The van der Waals surface area contributed by atoms with Crippen LogP contribution in [-0.4, -0.2) is 96.7 Å². The van der Waals surface area contributed by atoms with Crippen LogP contribution >= 0.6 is 15.6 Å². The highest BCUT2D eigenvalue weighted by molar-refractivity contribution is 7.47. The summed E-state index contributed by atoms with van der Waals surface area (Å²) in [6, 6.07) is 0. The number of aliphatic hydroxyl groups is 1. The first-order chi connectivity index (χ1) is 49.7. The molecule has 0 radical (unpaired) electrons. The Balaban J connectivity index is 5.51. The van der Waals surface area contributed by atoms with Crippen molar-refractivity contribution in [3.63, 3.8) is 0 Å². The second-order valence-corrected chi connectivity index (χ2v) is 27.7. The van der Waals surface area contributed by atoms with Gasteiger partial charge in [-0.3, -0.25) is 37.3 Å². The van der Waals surface area contributed by atoms with Gasteiger partial charge in [0.05, 0.1) is 32.8 Å². The summed E-state index contributed by atoms with van der Waals surface area (Å²) in [6.07, 6.45) is 86.7. The summed E-state index contributed by atoms with van der Waals surface area (Å²) >= 11 is 0. The van der Waals surface area contributed by atoms with Crippen molar-refractivity contribution in [3.05, 3.63) is 170 Å². The minimum Gasteiger partial charge on any atom is -0.462 e. The molecule has 0 heterocycles. The maximum Gasteiger partial charge on any atom is 0.472 e. The van der Waals surface area contributed by atoms with Gasteiger partial charge in [-0.2, -0.15) is 0 Å². The third kappa shape index (κ3) is 72.8. The van der Waals surface area contributed by atoms with Gasteiger partial charge in [0.15, 0.2) is 12.2 Å². The molecule has 5 atom stereocenters. The Morgan fingerprint density at radius 3 is 0.922 bits per heavy atom. The molecule has 0 bridgehead atoms. The van der Waals surface area contributed by atoms with E-state index in [9.17, 15) is 43.2 Å². The SMILES string of the molecule is CC/C=C\C/C=C\C/C=C\C/C=C\C/C=C\CCCC(=O)OCC(COP(=O)(O)OCC(O)COP(=O)(O)OCC(COC(=O)CCCCCCC/C=C\C/C=C\C/C=C\CC)OC(=O)CCCCCCC/C=C\CCCCCCCC)OC(=O)C/C=C\C/C=C\C/C=C\C/C=C\C/C=C\CC. The highest BCUT2D eigenvalue weighted by Gasteiger charge is 2.30. The van der Waals surface area contributed by atoms with Crippen LogP contribution < -0.4 is 0 Å². The summed E-state index contributed by atoms with van der Waals surface area (Å²) in [6.45, 7) is 4.29. The monoisotopic (exact) mass is 1460 g/mol. The molecule has 0 fully saturated rings. The van der Waals surface area contributed by atoms with Crippen LogP contribution in [0.4, 0.5) is 0 Å². The van der Waals surface area contributed by atoms with Crippen molar-refractivity contribution in [1.82, 2.24) is 0 Å². The third-order valence-corrected chi connectivity index (χ3v) is 17.1. The smallest absolute Gasteiger partial charge is 0.462 e. The van der Waals surface area contributed by atoms with E-state index in [2.05, 4.69) is 161 Å². The van der Waals surface area contributed by atoms with Gasteiger partial charge in [0, 0.05) is 19.3 Å². The number of phosphoric ester groups is 2. The molecule has 17 nitrogen and oxygen atoms in total. The summed E-state index contributed by atoms with van der Waals surface area (Å²) in [5.41, 5.74) is 0. The van der Waals surface area contributed by atoms with Gasteiger partial charge in [0.2, 0.25) is 0 Å². The van der Waals surface area contributed by atoms with Crippen molar-refractivity contribution in [2.75, 3.05) is 39.6 Å². The zero-order chi connectivity index (χ0) is 74.6. The predicted octanol–water partition coefficient (Wildman–Crippen LogP) is 22.2. The lowest BCUT2D eigenvalue weighted by Gasteiger charge is -2.21. The quantitative estimate of drug-likeness (QED) is 0.0169. The Morgan fingerprint density at radius 2 is 0.559 bits per heavy atom. The van der Waals surface area contributed by atoms with E-state index in [0.717, 1.165) is 148 Å². The van der Waals surface area contributed by atoms with E-state index in [1.807, 2.05) is 24.3 Å². The molecule has 578 valence electrons. The summed E-state index contributed by atoms with van der Waals surface area (Å²) < 4.78 is 68.3. The molecule has 0 aromatic heterocycles. The average molecular weight is 1470 g/mol. The Bertz CT molecular complexity index is 2600. The normalized spacial score (nSPS) is 14.9. The summed E-state index contributed by atoms with van der Waals surface area (Å²) in [5.74, 6) is -2.43. The van der Waals surface area contributed by atoms with E-state index in [1.165, 1.54) is 38.5 Å². The fraction of sp³-hybridized carbons (Fsp3) is 0.614. The number of hydrogen-bond acceptors (Lipinski definition) is 15. The van der Waals surface area contributed by atoms with Crippen molar-refractivity contribution in [1.29, 1.82) is 0 Å². The first-order valence-corrected chi connectivity index (χ1v) is 41.4. The number of unbranched alkanes of at least 4 members (excludes halogenated alkanes) is 17. The molecule has 0 amide bonds. The number of ether oxygens (including phenoxy) is 4. The van der Waals surface area contributed by atoms with E-state index in [-0.39, 0.29) is 25.7 Å². The molecule has 0 aromatic carbocycles. The maximum absolute atomic E-state index is 13.1. The molecule has 102 heavy (non-hydrogen) atoms. The topological polar surface area (TPSA) is 237 Å². The minimum absolute atomic E-state index is 0.0570. The lowest BCUT2D eigenvalue weighted by molar-refractivity contribution is -0.161. The van der Waals surface area contributed by atoms with Gasteiger partial charge < -0.3 is 33.8 Å². The van der Waals surface area contributed by atoms with E-state index in [4.69, 9.17) is 37.0 Å². The molecular formula is C83H134O17P2. The van der Waals surface area contributed by atoms with Crippen molar-refractivity contribution in [2.45, 2.75) is 290 Å². The molecule has 0 saturated carbocycles. The second-order valence-electron chi connectivity index (χ2n) is 24.8. The van der Waals surface area contributed by atoms with E-state index < -0.39 is 97.5 Å². The van der Waals surface area contributed by atoms with Crippen LogP contribution in [-0.2, 0) is 65.4 Å². The van der Waals surface area contributed by atoms with Gasteiger partial charge >= 0.3 is 39.5 Å². The molecule has 0 aliphatic rings. The van der Waals surface area contributed by atoms with Gasteiger partial charge in [-0.15, -0.1) is 0 Å². The number of hydrogen-bond donors (Lipinski definition) is 3. The molecule has 0 aromatic rings. The van der Waals surface area contributed by atoms with Crippen molar-refractivity contribution in [2.24, 2.45) is 0 Å². The van der Waals surface area contributed by atoms with Crippen LogP contribution in [0.2, 0.25) is 0 Å². The number of rotatable bonds is 70. The lowest BCUT2D eigenvalue weighted by atomic mass is 10.1. The molecule has 19 heteroatoms. The Kier molecular flexibility index (Phi) is 69.7. The molecule has 0 saturated heterocycles. The lowest BCUT2D eigenvalue weighted by Crippen LogP contribution is -2.30. The van der Waals surface area contributed by atoms with Crippen LogP contribution in [0.15, 0.2) is 170 Å². The van der Waals surface area contributed by atoms with Crippen LogP contribution in [0.25, 0.3) is 0 Å². The average Bonchev–Trinajstić information content (AvgIpc) is 0.923. The number of allylic oxidation sites excluding steroid dienone is 27. The first kappa shape index (κ1) is 96.4. The Labute approximate surface area is 616 Å². The molecule has 3 N–H and O–H groups in total. The van der Waals surface area contributed by atoms with Crippen LogP contribution in [0.1, 0.15) is 272 Å². The fourth-order valence-electron chi connectivity index (χ4n) is 9.46. The van der Waals surface area contributed by atoms with Gasteiger partial charge in [0.25, 0.3) is 0 Å². The standard InChI is InChI=1S/C83H134O17P2/c1-5-9-13-17-21-25-29-33-37-38-42-44-48-52-56-60-64-68-81(86)94-74-79(100-83(88)70-66-62-58-54-50-46-41-36-32-28-24-20-16-12-8-4)76-98-102(91,92)96-72-77(84)71-95-101(89,90)97-75-78(99-82(87)69-65-61-57-53-49-45-40-35-31-27-23-19-15-11-7-3)73-93-80(85)67-63-59-55-51-47-43-39-34-30-26-22-18-14-10-6-2/h9-10,12-14,16,21-22,24-26,28,33-37,39-42,44,50,52,54,56,62,66,77-79,84H,5-8,11,15,17-20,23,27,29-32,38,43,45-49,51,53,55,57-61,63-65,67-76H2,1-4H3,(H,89,90)(H,91,92)/b13-9-,14-10-,16-12-,25-21-,26-22-,28-24-,37-33-,39-34-,40-35-,41-36-,44-42-,54-50-,56-52-,66-62-. The first-order valence-electron chi connectivity index (χ1n) is 38.4. The van der Waals surface area contributed by atoms with E-state index in [0.29, 0.717) is 32.1 Å². The Morgan fingerprint density at radius 1 is 0.294 bits per heavy atom. The highest BCUT2D eigenvalue weighted by atomic mass is 31.2. The molecule has 0 aliphatic heterocycles. The van der Waals surface area contributed by atoms with Crippen molar-refractivity contribution in [3.8, 4) is 0 Å². The van der Waals surface area contributed by atoms with Gasteiger partial charge in [-0.25, -0.2) is 9.13 Å². The maximum atomic E-state index is 13.1. The largest absolute Gasteiger partial charge is 0.472 e. The second kappa shape index (κ2) is 73.7. The van der Waals surface area contributed by atoms with Crippen molar-refractivity contribution < 1.29 is 80.2 Å². The molecule has 0 spiro atoms. The summed E-state index contributed by atoms with van der Waals surface area (Å²) in [5, 5.41) is 10.6. The zero-order valence-electron chi connectivity index (χ0n) is 63.0. The number of phosphoric acid groups is 2. The van der Waals surface area contributed by atoms with Gasteiger partial charge in [-0.05, 0) is 148 Å².